The first kappa shape index (κ1) is 7.15. The molecule has 0 aliphatic rings. The number of hydrogen-bond acceptors (Lipinski definition) is 4. The van der Waals surface area contributed by atoms with Gasteiger partial charge in [-0.1, -0.05) is 5.16 Å². The number of rotatable bonds is 2. The Labute approximate surface area is 59.1 Å². The Balaban J connectivity index is 2.87. The molecule has 1 aromatic rings. The third-order valence-corrected chi connectivity index (χ3v) is 1.18. The van der Waals surface area contributed by atoms with Gasteiger partial charge in [0.2, 0.25) is 0 Å². The van der Waals surface area contributed by atoms with Gasteiger partial charge in [-0.3, -0.25) is 0 Å². The van der Waals surface area contributed by atoms with Crippen molar-refractivity contribution in [2.24, 2.45) is 0 Å². The molecule has 5 heteroatoms. The molecule has 0 aromatic carbocycles. The highest BCUT2D eigenvalue weighted by Gasteiger charge is 2.08. The van der Waals surface area contributed by atoms with Crippen LogP contribution < -0.4 is 4.65 Å². The van der Waals surface area contributed by atoms with E-state index in [-0.39, 0.29) is 7.69 Å². The smallest absolute Gasteiger partial charge is 0.504 e. The predicted molar refractivity (Wildman–Crippen MR) is 36.0 cm³/mol. The van der Waals surface area contributed by atoms with Crippen LogP contribution in [-0.2, 0) is 0 Å². The molecule has 0 saturated heterocycles. The second kappa shape index (κ2) is 2.75. The summed E-state index contributed by atoms with van der Waals surface area (Å²) >= 11 is 0. The van der Waals surface area contributed by atoms with Crippen molar-refractivity contribution >= 4 is 7.69 Å². The van der Waals surface area contributed by atoms with Gasteiger partial charge in [0, 0.05) is 6.92 Å². The molecule has 54 valence electrons. The first-order chi connectivity index (χ1) is 4.75. The standard InChI is InChI=1S/C5H8BNO3/c1-3-5(9-6-8)4(2)10-7-3/h6,8H,1-2H3. The molecule has 4 nitrogen and oxygen atoms in total. The second-order valence-corrected chi connectivity index (χ2v) is 1.93. The van der Waals surface area contributed by atoms with Crippen molar-refractivity contribution in [3.05, 3.63) is 11.5 Å². The van der Waals surface area contributed by atoms with Gasteiger partial charge in [0.15, 0.2) is 11.5 Å². The summed E-state index contributed by atoms with van der Waals surface area (Å²) in [5.74, 6) is 1.12. The quantitative estimate of drug-likeness (QED) is 0.585. The Morgan fingerprint density at radius 3 is 2.70 bits per heavy atom. The Bertz CT molecular complexity index is 203. The average molecular weight is 141 g/mol. The predicted octanol–water partition coefficient (Wildman–Crippen LogP) is -0.0710. The van der Waals surface area contributed by atoms with Gasteiger partial charge in [0.05, 0.1) is 0 Å². The lowest BCUT2D eigenvalue weighted by molar-refractivity contribution is 0.385. The summed E-state index contributed by atoms with van der Waals surface area (Å²) < 4.78 is 9.57. The van der Waals surface area contributed by atoms with Crippen LogP contribution in [0.2, 0.25) is 0 Å². The van der Waals surface area contributed by atoms with Gasteiger partial charge in [-0.2, -0.15) is 0 Å². The van der Waals surface area contributed by atoms with Gasteiger partial charge in [-0.15, -0.1) is 0 Å². The highest BCUT2D eigenvalue weighted by Crippen LogP contribution is 2.20. The van der Waals surface area contributed by atoms with Crippen molar-refractivity contribution in [3.8, 4) is 5.75 Å². The van der Waals surface area contributed by atoms with Crippen LogP contribution in [-0.4, -0.2) is 17.9 Å². The van der Waals surface area contributed by atoms with Crippen molar-refractivity contribution in [3.63, 3.8) is 0 Å². The van der Waals surface area contributed by atoms with Gasteiger partial charge < -0.3 is 14.2 Å². The minimum atomic E-state index is -0.344. The van der Waals surface area contributed by atoms with Crippen molar-refractivity contribution < 1.29 is 14.2 Å². The fourth-order valence-electron chi connectivity index (χ4n) is 0.745. The highest BCUT2D eigenvalue weighted by molar-refractivity contribution is 6.17. The molecule has 0 unspecified atom stereocenters. The molecule has 0 radical (unpaired) electrons. The highest BCUT2D eigenvalue weighted by atomic mass is 16.5. The van der Waals surface area contributed by atoms with Gasteiger partial charge in [-0.25, -0.2) is 0 Å². The van der Waals surface area contributed by atoms with E-state index < -0.39 is 0 Å². The van der Waals surface area contributed by atoms with Crippen LogP contribution in [0.15, 0.2) is 4.52 Å². The van der Waals surface area contributed by atoms with Gasteiger partial charge in [0.25, 0.3) is 0 Å². The van der Waals surface area contributed by atoms with E-state index in [0.717, 1.165) is 0 Å². The summed E-state index contributed by atoms with van der Waals surface area (Å²) in [5, 5.41) is 12.0. The normalized spacial score (nSPS) is 9.50. The van der Waals surface area contributed by atoms with Crippen molar-refractivity contribution in [2.45, 2.75) is 13.8 Å². The fraction of sp³-hybridized carbons (Fsp3) is 0.400. The van der Waals surface area contributed by atoms with Crippen LogP contribution in [0, 0.1) is 13.8 Å². The van der Waals surface area contributed by atoms with Crippen molar-refractivity contribution in [1.29, 1.82) is 0 Å². The Morgan fingerprint density at radius 2 is 2.30 bits per heavy atom. The minimum absolute atomic E-state index is 0.344. The molecule has 0 spiro atoms. The molecule has 1 rings (SSSR count). The molecule has 0 bridgehead atoms. The van der Waals surface area contributed by atoms with Gasteiger partial charge >= 0.3 is 7.69 Å². The van der Waals surface area contributed by atoms with E-state index in [4.69, 9.17) is 14.2 Å². The summed E-state index contributed by atoms with van der Waals surface area (Å²) in [4.78, 5) is 0. The summed E-state index contributed by atoms with van der Waals surface area (Å²) in [5.41, 5.74) is 0.659. The molecule has 10 heavy (non-hydrogen) atoms. The van der Waals surface area contributed by atoms with Gasteiger partial charge in [-0.05, 0) is 6.92 Å². The molecule has 0 fully saturated rings. The lowest BCUT2D eigenvalue weighted by atomic mass is 10.3. The molecule has 1 aromatic heterocycles. The molecule has 1 heterocycles. The molecule has 0 saturated carbocycles. The molecule has 0 aliphatic heterocycles. The van der Waals surface area contributed by atoms with Crippen LogP contribution in [0.3, 0.4) is 0 Å². The molecule has 0 atom stereocenters. The van der Waals surface area contributed by atoms with E-state index in [2.05, 4.69) is 5.16 Å². The Morgan fingerprint density at radius 1 is 1.60 bits per heavy atom. The molecule has 0 amide bonds. The Kier molecular flexibility index (Phi) is 1.96. The first-order valence-corrected chi connectivity index (χ1v) is 2.92. The van der Waals surface area contributed by atoms with E-state index in [1.165, 1.54) is 0 Å². The van der Waals surface area contributed by atoms with E-state index in [0.29, 0.717) is 17.2 Å². The number of aryl methyl sites for hydroxylation is 2. The van der Waals surface area contributed by atoms with Crippen LogP contribution in [0.25, 0.3) is 0 Å². The van der Waals surface area contributed by atoms with Gasteiger partial charge in [0.1, 0.15) is 5.69 Å². The average Bonchev–Trinajstić information content (AvgIpc) is 2.20. The summed E-state index contributed by atoms with van der Waals surface area (Å²) in [6.45, 7) is 3.48. The topological polar surface area (TPSA) is 55.5 Å². The third-order valence-electron chi connectivity index (χ3n) is 1.18. The molecular formula is C5H8BNO3. The summed E-state index contributed by atoms with van der Waals surface area (Å²) in [6, 6.07) is 0. The van der Waals surface area contributed by atoms with Crippen LogP contribution >= 0.6 is 0 Å². The van der Waals surface area contributed by atoms with E-state index in [9.17, 15) is 0 Å². The lowest BCUT2D eigenvalue weighted by Crippen LogP contribution is -2.00. The minimum Gasteiger partial charge on any atom is -0.535 e. The van der Waals surface area contributed by atoms with Crippen LogP contribution in [0.1, 0.15) is 11.5 Å². The lowest BCUT2D eigenvalue weighted by Gasteiger charge is -1.96. The van der Waals surface area contributed by atoms with Crippen LogP contribution in [0.5, 0.6) is 5.75 Å². The maximum atomic E-state index is 8.40. The first-order valence-electron chi connectivity index (χ1n) is 2.92. The molecular weight excluding hydrogens is 133 g/mol. The number of hydrogen-bond donors (Lipinski definition) is 1. The maximum Gasteiger partial charge on any atom is 0.504 e. The largest absolute Gasteiger partial charge is 0.535 e. The second-order valence-electron chi connectivity index (χ2n) is 1.93. The van der Waals surface area contributed by atoms with Crippen molar-refractivity contribution in [2.75, 3.05) is 0 Å². The van der Waals surface area contributed by atoms with E-state index in [1.54, 1.807) is 13.8 Å². The maximum absolute atomic E-state index is 8.40. The number of nitrogens with zero attached hydrogens (tertiary/aromatic N) is 1. The zero-order valence-electron chi connectivity index (χ0n) is 5.92. The fourth-order valence-corrected chi connectivity index (χ4v) is 0.745. The number of aromatic nitrogens is 1. The molecule has 1 N–H and O–H groups in total. The van der Waals surface area contributed by atoms with E-state index in [1.807, 2.05) is 0 Å². The molecule has 0 aliphatic carbocycles. The summed E-state index contributed by atoms with van der Waals surface area (Å²) in [6.07, 6.45) is 0. The third kappa shape index (κ3) is 1.13. The van der Waals surface area contributed by atoms with E-state index >= 15 is 0 Å². The summed E-state index contributed by atoms with van der Waals surface area (Å²) in [7, 11) is -0.344. The Hall–Kier alpha value is -0.965. The monoisotopic (exact) mass is 141 g/mol. The van der Waals surface area contributed by atoms with Crippen LogP contribution in [0.4, 0.5) is 0 Å². The SMILES string of the molecule is Cc1noc(C)c1OBO. The van der Waals surface area contributed by atoms with Crippen molar-refractivity contribution in [1.82, 2.24) is 5.16 Å². The zero-order chi connectivity index (χ0) is 7.56. The zero-order valence-corrected chi connectivity index (χ0v) is 5.92.